The SMILES string of the molecule is NC(COc1cccnc1)C1CCOCC1. The second kappa shape index (κ2) is 5.82. The lowest BCUT2D eigenvalue weighted by Gasteiger charge is -2.27. The highest BCUT2D eigenvalue weighted by Crippen LogP contribution is 2.18. The summed E-state index contributed by atoms with van der Waals surface area (Å²) < 4.78 is 10.9. The molecule has 1 aliphatic rings. The van der Waals surface area contributed by atoms with Crippen LogP contribution < -0.4 is 10.5 Å². The van der Waals surface area contributed by atoms with Gasteiger partial charge in [0.15, 0.2) is 0 Å². The van der Waals surface area contributed by atoms with Gasteiger partial charge in [0, 0.05) is 25.5 Å². The van der Waals surface area contributed by atoms with Gasteiger partial charge in [0.2, 0.25) is 0 Å². The zero-order valence-electron chi connectivity index (χ0n) is 9.34. The van der Waals surface area contributed by atoms with Crippen LogP contribution in [0.25, 0.3) is 0 Å². The van der Waals surface area contributed by atoms with Crippen LogP contribution in [-0.4, -0.2) is 30.8 Å². The summed E-state index contributed by atoms with van der Waals surface area (Å²) in [7, 11) is 0. The molecule has 0 aromatic carbocycles. The summed E-state index contributed by atoms with van der Waals surface area (Å²) in [6.45, 7) is 2.20. The van der Waals surface area contributed by atoms with Gasteiger partial charge in [-0.2, -0.15) is 0 Å². The largest absolute Gasteiger partial charge is 0.490 e. The third-order valence-electron chi connectivity index (χ3n) is 2.95. The normalized spacial score (nSPS) is 19.3. The Morgan fingerprint density at radius 3 is 3.00 bits per heavy atom. The van der Waals surface area contributed by atoms with Crippen molar-refractivity contribution in [1.29, 1.82) is 0 Å². The number of aromatic nitrogens is 1. The minimum atomic E-state index is 0.0871. The summed E-state index contributed by atoms with van der Waals surface area (Å²) >= 11 is 0. The Balaban J connectivity index is 1.76. The van der Waals surface area contributed by atoms with Crippen LogP contribution in [-0.2, 0) is 4.74 Å². The molecule has 0 bridgehead atoms. The Morgan fingerprint density at radius 1 is 1.50 bits per heavy atom. The van der Waals surface area contributed by atoms with Gasteiger partial charge >= 0.3 is 0 Å². The summed E-state index contributed by atoms with van der Waals surface area (Å²) in [4.78, 5) is 3.99. The van der Waals surface area contributed by atoms with E-state index in [-0.39, 0.29) is 6.04 Å². The lowest BCUT2D eigenvalue weighted by molar-refractivity contribution is 0.0521. The molecule has 4 heteroatoms. The first-order valence-corrected chi connectivity index (χ1v) is 5.72. The van der Waals surface area contributed by atoms with Crippen molar-refractivity contribution in [3.8, 4) is 5.75 Å². The molecule has 2 rings (SSSR count). The van der Waals surface area contributed by atoms with Crippen molar-refractivity contribution in [2.45, 2.75) is 18.9 Å². The van der Waals surface area contributed by atoms with Gasteiger partial charge in [-0.1, -0.05) is 0 Å². The number of pyridine rings is 1. The van der Waals surface area contributed by atoms with Crippen molar-refractivity contribution in [3.05, 3.63) is 24.5 Å². The van der Waals surface area contributed by atoms with Crippen molar-refractivity contribution in [2.24, 2.45) is 11.7 Å². The number of ether oxygens (including phenoxy) is 2. The number of nitrogens with two attached hydrogens (primary N) is 1. The average molecular weight is 222 g/mol. The molecule has 88 valence electrons. The van der Waals surface area contributed by atoms with Crippen LogP contribution in [0.5, 0.6) is 5.75 Å². The third-order valence-corrected chi connectivity index (χ3v) is 2.95. The van der Waals surface area contributed by atoms with E-state index >= 15 is 0 Å². The van der Waals surface area contributed by atoms with Crippen molar-refractivity contribution < 1.29 is 9.47 Å². The van der Waals surface area contributed by atoms with Gasteiger partial charge in [0.05, 0.1) is 6.20 Å². The van der Waals surface area contributed by atoms with Crippen LogP contribution in [0.1, 0.15) is 12.8 Å². The van der Waals surface area contributed by atoms with Gasteiger partial charge < -0.3 is 15.2 Å². The molecule has 16 heavy (non-hydrogen) atoms. The van der Waals surface area contributed by atoms with Crippen LogP contribution in [0.4, 0.5) is 0 Å². The highest BCUT2D eigenvalue weighted by Gasteiger charge is 2.21. The standard InChI is InChI=1S/C12H18N2O2/c13-12(10-3-6-15-7-4-10)9-16-11-2-1-5-14-8-11/h1-2,5,8,10,12H,3-4,6-7,9,13H2. The fraction of sp³-hybridized carbons (Fsp3) is 0.583. The summed E-state index contributed by atoms with van der Waals surface area (Å²) in [5.74, 6) is 1.30. The van der Waals surface area contributed by atoms with E-state index < -0.39 is 0 Å². The fourth-order valence-electron chi connectivity index (χ4n) is 1.90. The van der Waals surface area contributed by atoms with E-state index in [9.17, 15) is 0 Å². The zero-order valence-corrected chi connectivity index (χ0v) is 9.34. The Kier molecular flexibility index (Phi) is 4.13. The molecular formula is C12H18N2O2. The van der Waals surface area contributed by atoms with E-state index in [0.29, 0.717) is 12.5 Å². The molecule has 2 heterocycles. The molecule has 0 aliphatic carbocycles. The summed E-state index contributed by atoms with van der Waals surface area (Å²) in [6.07, 6.45) is 5.51. The van der Waals surface area contributed by atoms with Crippen molar-refractivity contribution >= 4 is 0 Å². The van der Waals surface area contributed by atoms with Crippen molar-refractivity contribution in [2.75, 3.05) is 19.8 Å². The van der Waals surface area contributed by atoms with Crippen LogP contribution in [0.2, 0.25) is 0 Å². The van der Waals surface area contributed by atoms with E-state index in [2.05, 4.69) is 4.98 Å². The summed E-state index contributed by atoms with van der Waals surface area (Å²) in [5, 5.41) is 0. The predicted molar refractivity (Wildman–Crippen MR) is 61.3 cm³/mol. The van der Waals surface area contributed by atoms with Gasteiger partial charge in [0.25, 0.3) is 0 Å². The van der Waals surface area contributed by atoms with Crippen LogP contribution in [0.3, 0.4) is 0 Å². The smallest absolute Gasteiger partial charge is 0.137 e. The van der Waals surface area contributed by atoms with Gasteiger partial charge in [-0.25, -0.2) is 0 Å². The van der Waals surface area contributed by atoms with E-state index in [1.165, 1.54) is 0 Å². The topological polar surface area (TPSA) is 57.4 Å². The Bertz CT molecular complexity index is 299. The molecule has 2 N–H and O–H groups in total. The number of hydrogen-bond donors (Lipinski definition) is 1. The molecule has 0 amide bonds. The summed E-state index contributed by atoms with van der Waals surface area (Å²) in [5.41, 5.74) is 6.10. The van der Waals surface area contributed by atoms with Crippen LogP contribution in [0, 0.1) is 5.92 Å². The second-order valence-corrected chi connectivity index (χ2v) is 4.11. The molecule has 1 aliphatic heterocycles. The Hall–Kier alpha value is -1.13. The lowest BCUT2D eigenvalue weighted by atomic mass is 9.93. The maximum absolute atomic E-state index is 6.10. The average Bonchev–Trinajstić information content (AvgIpc) is 2.38. The Morgan fingerprint density at radius 2 is 2.31 bits per heavy atom. The minimum absolute atomic E-state index is 0.0871. The fourth-order valence-corrected chi connectivity index (χ4v) is 1.90. The highest BCUT2D eigenvalue weighted by atomic mass is 16.5. The van der Waals surface area contributed by atoms with Crippen LogP contribution >= 0.6 is 0 Å². The lowest BCUT2D eigenvalue weighted by Crippen LogP contribution is -2.38. The molecule has 1 aromatic rings. The van der Waals surface area contributed by atoms with E-state index in [1.807, 2.05) is 12.1 Å². The van der Waals surface area contributed by atoms with E-state index in [4.69, 9.17) is 15.2 Å². The third kappa shape index (κ3) is 3.18. The van der Waals surface area contributed by atoms with Crippen molar-refractivity contribution in [3.63, 3.8) is 0 Å². The maximum Gasteiger partial charge on any atom is 0.137 e. The van der Waals surface area contributed by atoms with Gasteiger partial charge in [-0.15, -0.1) is 0 Å². The number of nitrogens with zero attached hydrogens (tertiary/aromatic N) is 1. The van der Waals surface area contributed by atoms with E-state index in [1.54, 1.807) is 12.4 Å². The first kappa shape index (κ1) is 11.4. The molecule has 1 fully saturated rings. The first-order chi connectivity index (χ1) is 7.86. The molecule has 0 radical (unpaired) electrons. The molecule has 0 spiro atoms. The van der Waals surface area contributed by atoms with E-state index in [0.717, 1.165) is 31.8 Å². The van der Waals surface area contributed by atoms with Crippen LogP contribution in [0.15, 0.2) is 24.5 Å². The molecular weight excluding hydrogens is 204 g/mol. The minimum Gasteiger partial charge on any atom is -0.490 e. The molecule has 1 saturated heterocycles. The molecule has 1 aromatic heterocycles. The maximum atomic E-state index is 6.10. The Labute approximate surface area is 95.8 Å². The predicted octanol–water partition coefficient (Wildman–Crippen LogP) is 1.21. The van der Waals surface area contributed by atoms with Gasteiger partial charge in [0.1, 0.15) is 12.4 Å². The molecule has 0 saturated carbocycles. The molecule has 1 unspecified atom stereocenters. The van der Waals surface area contributed by atoms with Gasteiger partial charge in [-0.05, 0) is 30.9 Å². The number of rotatable bonds is 4. The first-order valence-electron chi connectivity index (χ1n) is 5.72. The summed E-state index contributed by atoms with van der Waals surface area (Å²) in [6, 6.07) is 3.84. The molecule has 4 nitrogen and oxygen atoms in total. The zero-order chi connectivity index (χ0) is 11.2. The highest BCUT2D eigenvalue weighted by molar-refractivity contribution is 5.15. The monoisotopic (exact) mass is 222 g/mol. The quantitative estimate of drug-likeness (QED) is 0.832. The molecule has 1 atom stereocenters. The van der Waals surface area contributed by atoms with Crippen molar-refractivity contribution in [1.82, 2.24) is 4.98 Å². The number of hydrogen-bond acceptors (Lipinski definition) is 4. The van der Waals surface area contributed by atoms with Gasteiger partial charge in [-0.3, -0.25) is 4.98 Å². The second-order valence-electron chi connectivity index (χ2n) is 4.11.